The number of morpholine rings is 1. The summed E-state index contributed by atoms with van der Waals surface area (Å²) in [5.41, 5.74) is 3.22. The van der Waals surface area contributed by atoms with E-state index in [0.717, 1.165) is 56.0 Å². The molecule has 8 heteroatoms. The SMILES string of the molecule is Cc1ccc(S(=O)(=O)N(CC(=O)NCCCN2CCOCC2)c2cc(C)ccc2C)cc1. The molecule has 1 N–H and O–H groups in total. The quantitative estimate of drug-likeness (QED) is 0.584. The van der Waals surface area contributed by atoms with Crippen LogP contribution >= 0.6 is 0 Å². The van der Waals surface area contributed by atoms with Crippen molar-refractivity contribution in [3.63, 3.8) is 0 Å². The first-order chi connectivity index (χ1) is 15.3. The van der Waals surface area contributed by atoms with Crippen LogP contribution in [0.2, 0.25) is 0 Å². The second-order valence-corrected chi connectivity index (χ2v) is 10.1. The van der Waals surface area contributed by atoms with Crippen LogP contribution < -0.4 is 9.62 Å². The van der Waals surface area contributed by atoms with Crippen molar-refractivity contribution in [3.05, 3.63) is 59.2 Å². The molecular formula is C24H33N3O4S. The summed E-state index contributed by atoms with van der Waals surface area (Å²) >= 11 is 0. The molecule has 0 bridgehead atoms. The van der Waals surface area contributed by atoms with E-state index in [1.165, 1.54) is 4.31 Å². The van der Waals surface area contributed by atoms with Crippen LogP contribution in [0.5, 0.6) is 0 Å². The molecule has 1 fully saturated rings. The molecule has 1 aliphatic rings. The van der Waals surface area contributed by atoms with Gasteiger partial charge in [-0.25, -0.2) is 8.42 Å². The first-order valence-corrected chi connectivity index (χ1v) is 12.4. The molecule has 1 amide bonds. The highest BCUT2D eigenvalue weighted by atomic mass is 32.2. The summed E-state index contributed by atoms with van der Waals surface area (Å²) in [7, 11) is -3.90. The lowest BCUT2D eigenvalue weighted by Gasteiger charge is -2.27. The molecule has 0 aliphatic carbocycles. The Morgan fingerprint density at radius 1 is 1.03 bits per heavy atom. The molecular weight excluding hydrogens is 426 g/mol. The average molecular weight is 460 g/mol. The number of rotatable bonds is 9. The van der Waals surface area contributed by atoms with Gasteiger partial charge in [-0.2, -0.15) is 0 Å². The van der Waals surface area contributed by atoms with Gasteiger partial charge in [-0.1, -0.05) is 29.8 Å². The Balaban J connectivity index is 1.73. The van der Waals surface area contributed by atoms with Gasteiger partial charge in [0.05, 0.1) is 23.8 Å². The number of sulfonamides is 1. The van der Waals surface area contributed by atoms with Crippen LogP contribution in [0, 0.1) is 20.8 Å². The third-order valence-corrected chi connectivity index (χ3v) is 7.38. The number of benzene rings is 2. The summed E-state index contributed by atoms with van der Waals surface area (Å²) in [6, 6.07) is 12.3. The molecule has 1 aliphatic heterocycles. The van der Waals surface area contributed by atoms with Gasteiger partial charge in [-0.05, 0) is 63.1 Å². The molecule has 0 atom stereocenters. The van der Waals surface area contributed by atoms with E-state index in [2.05, 4.69) is 10.2 Å². The molecule has 0 aromatic heterocycles. The van der Waals surface area contributed by atoms with E-state index >= 15 is 0 Å². The van der Waals surface area contributed by atoms with Crippen molar-refractivity contribution in [3.8, 4) is 0 Å². The lowest BCUT2D eigenvalue weighted by atomic mass is 10.1. The van der Waals surface area contributed by atoms with E-state index in [-0.39, 0.29) is 17.3 Å². The highest BCUT2D eigenvalue weighted by molar-refractivity contribution is 7.92. The molecule has 2 aromatic rings. The number of hydrogen-bond donors (Lipinski definition) is 1. The Hall–Kier alpha value is -2.42. The van der Waals surface area contributed by atoms with Crippen molar-refractivity contribution in [1.82, 2.24) is 10.2 Å². The first kappa shape index (κ1) is 24.2. The summed E-state index contributed by atoms with van der Waals surface area (Å²) in [5.74, 6) is -0.316. The van der Waals surface area contributed by atoms with E-state index in [1.807, 2.05) is 39.0 Å². The summed E-state index contributed by atoms with van der Waals surface area (Å²) in [6.45, 7) is 10.1. The highest BCUT2D eigenvalue weighted by Crippen LogP contribution is 2.28. The third-order valence-electron chi connectivity index (χ3n) is 5.61. The number of nitrogens with zero attached hydrogens (tertiary/aromatic N) is 2. The van der Waals surface area contributed by atoms with E-state index in [9.17, 15) is 13.2 Å². The second kappa shape index (κ2) is 10.9. The van der Waals surface area contributed by atoms with E-state index in [1.54, 1.807) is 24.3 Å². The third kappa shape index (κ3) is 6.31. The first-order valence-electron chi connectivity index (χ1n) is 11.0. The van der Waals surface area contributed by atoms with Crippen LogP contribution in [0.3, 0.4) is 0 Å². The molecule has 1 saturated heterocycles. The highest BCUT2D eigenvalue weighted by Gasteiger charge is 2.28. The Morgan fingerprint density at radius 3 is 2.38 bits per heavy atom. The molecule has 0 radical (unpaired) electrons. The van der Waals surface area contributed by atoms with Gasteiger partial charge in [-0.15, -0.1) is 0 Å². The number of anilines is 1. The molecule has 0 unspecified atom stereocenters. The molecule has 0 saturated carbocycles. The summed E-state index contributed by atoms with van der Waals surface area (Å²) < 4.78 is 33.6. The number of carbonyl (C=O) groups is 1. The van der Waals surface area contributed by atoms with Crippen LogP contribution in [0.25, 0.3) is 0 Å². The van der Waals surface area contributed by atoms with E-state index in [4.69, 9.17) is 4.74 Å². The molecule has 174 valence electrons. The van der Waals surface area contributed by atoms with Gasteiger partial charge in [0, 0.05) is 19.6 Å². The Kier molecular flexibility index (Phi) is 8.28. The summed E-state index contributed by atoms with van der Waals surface area (Å²) in [6.07, 6.45) is 0.805. The standard InChI is InChI=1S/C24H33N3O4S/c1-19-6-9-22(10-7-19)32(29,30)27(23-17-20(2)5-8-21(23)3)18-24(28)25-11-4-12-26-13-15-31-16-14-26/h5-10,17H,4,11-16,18H2,1-3H3,(H,25,28). The molecule has 2 aromatic carbocycles. The van der Waals surface area contributed by atoms with Crippen molar-refractivity contribution < 1.29 is 17.9 Å². The van der Waals surface area contributed by atoms with E-state index in [0.29, 0.717) is 12.2 Å². The van der Waals surface area contributed by atoms with Crippen LogP contribution in [0.15, 0.2) is 47.4 Å². The minimum atomic E-state index is -3.90. The molecule has 0 spiro atoms. The van der Waals surface area contributed by atoms with Crippen molar-refractivity contribution in [2.45, 2.75) is 32.1 Å². The van der Waals surface area contributed by atoms with Crippen molar-refractivity contribution in [2.24, 2.45) is 0 Å². The zero-order chi connectivity index (χ0) is 23.1. The zero-order valence-electron chi connectivity index (χ0n) is 19.1. The van der Waals surface area contributed by atoms with E-state index < -0.39 is 10.0 Å². The maximum Gasteiger partial charge on any atom is 0.264 e. The molecule has 32 heavy (non-hydrogen) atoms. The van der Waals surface area contributed by atoms with Crippen molar-refractivity contribution >= 4 is 21.6 Å². The van der Waals surface area contributed by atoms with Crippen LogP contribution in [-0.4, -0.2) is 65.2 Å². The maximum atomic E-state index is 13.5. The van der Waals surface area contributed by atoms with Gasteiger partial charge >= 0.3 is 0 Å². The van der Waals surface area contributed by atoms with Gasteiger partial charge in [0.1, 0.15) is 6.54 Å². The van der Waals surface area contributed by atoms with Gasteiger partial charge < -0.3 is 10.1 Å². The van der Waals surface area contributed by atoms with Gasteiger partial charge in [0.15, 0.2) is 0 Å². The fraction of sp³-hybridized carbons (Fsp3) is 0.458. The lowest BCUT2D eigenvalue weighted by molar-refractivity contribution is -0.119. The predicted octanol–water partition coefficient (Wildman–Crippen LogP) is 2.65. The normalized spacial score (nSPS) is 14.8. The number of hydrogen-bond acceptors (Lipinski definition) is 5. The molecule has 3 rings (SSSR count). The number of aryl methyl sites for hydroxylation is 3. The minimum absolute atomic E-state index is 0.170. The Morgan fingerprint density at radius 2 is 1.69 bits per heavy atom. The van der Waals surface area contributed by atoms with Gasteiger partial charge in [0.25, 0.3) is 10.0 Å². The zero-order valence-corrected chi connectivity index (χ0v) is 20.0. The Bertz CT molecular complexity index is 1020. The van der Waals surface area contributed by atoms with Crippen molar-refractivity contribution in [1.29, 1.82) is 0 Å². The second-order valence-electron chi connectivity index (χ2n) is 8.27. The van der Waals surface area contributed by atoms with Gasteiger partial charge in [-0.3, -0.25) is 14.0 Å². The average Bonchev–Trinajstić information content (AvgIpc) is 2.78. The van der Waals surface area contributed by atoms with Crippen molar-refractivity contribution in [2.75, 3.05) is 50.2 Å². The number of amides is 1. The smallest absolute Gasteiger partial charge is 0.264 e. The molecule has 7 nitrogen and oxygen atoms in total. The topological polar surface area (TPSA) is 79.0 Å². The Labute approximate surface area is 191 Å². The number of nitrogens with one attached hydrogen (secondary N) is 1. The fourth-order valence-electron chi connectivity index (χ4n) is 3.67. The van der Waals surface area contributed by atoms with Crippen LogP contribution in [0.1, 0.15) is 23.1 Å². The fourth-order valence-corrected chi connectivity index (χ4v) is 5.14. The predicted molar refractivity (Wildman–Crippen MR) is 127 cm³/mol. The minimum Gasteiger partial charge on any atom is -0.379 e. The summed E-state index contributed by atoms with van der Waals surface area (Å²) in [5, 5.41) is 2.89. The monoisotopic (exact) mass is 459 g/mol. The van der Waals surface area contributed by atoms with Gasteiger partial charge in [0.2, 0.25) is 5.91 Å². The summed E-state index contributed by atoms with van der Waals surface area (Å²) in [4.78, 5) is 15.2. The lowest BCUT2D eigenvalue weighted by Crippen LogP contribution is -2.42. The van der Waals surface area contributed by atoms with Crippen LogP contribution in [0.4, 0.5) is 5.69 Å². The number of ether oxygens (including phenoxy) is 1. The largest absolute Gasteiger partial charge is 0.379 e. The van der Waals surface area contributed by atoms with Crippen LogP contribution in [-0.2, 0) is 19.6 Å². The maximum absolute atomic E-state index is 13.5. The molecule has 1 heterocycles. The number of carbonyl (C=O) groups excluding carboxylic acids is 1.